The Kier molecular flexibility index (Phi) is 7.54. The van der Waals surface area contributed by atoms with Crippen LogP contribution in [0.5, 0.6) is 0 Å². The molecule has 0 aromatic heterocycles. The van der Waals surface area contributed by atoms with Crippen LogP contribution in [0.3, 0.4) is 0 Å². The second kappa shape index (κ2) is 8.92. The number of nitrogens with zero attached hydrogens (tertiary/aromatic N) is 2. The van der Waals surface area contributed by atoms with Crippen LogP contribution in [0.2, 0.25) is 0 Å². The zero-order valence-corrected chi connectivity index (χ0v) is 12.9. The summed E-state index contributed by atoms with van der Waals surface area (Å²) < 4.78 is 5.01. The molecule has 0 aliphatic carbocycles. The fourth-order valence-electron chi connectivity index (χ4n) is 2.26. The van der Waals surface area contributed by atoms with E-state index in [9.17, 15) is 9.59 Å². The number of carbonyl (C=O) groups is 2. The summed E-state index contributed by atoms with van der Waals surface area (Å²) in [5, 5.41) is 3.38. The molecule has 1 N–H and O–H groups in total. The molecule has 0 bridgehead atoms. The van der Waals surface area contributed by atoms with Gasteiger partial charge in [0.25, 0.3) is 0 Å². The molecule has 1 atom stereocenters. The molecule has 0 aromatic carbocycles. The predicted octanol–water partition coefficient (Wildman–Crippen LogP) is 0.0818. The topological polar surface area (TPSA) is 61.9 Å². The lowest BCUT2D eigenvalue weighted by molar-refractivity contribution is -0.139. The second-order valence-electron chi connectivity index (χ2n) is 5.43. The van der Waals surface area contributed by atoms with Crippen molar-refractivity contribution in [1.82, 2.24) is 15.1 Å². The summed E-state index contributed by atoms with van der Waals surface area (Å²) in [6.45, 7) is 2.10. The number of methoxy groups -OCH3 is 1. The van der Waals surface area contributed by atoms with Crippen LogP contribution in [-0.4, -0.2) is 75.1 Å². The molecule has 1 saturated heterocycles. The van der Waals surface area contributed by atoms with E-state index in [4.69, 9.17) is 4.74 Å². The van der Waals surface area contributed by atoms with Crippen molar-refractivity contribution in [3.63, 3.8) is 0 Å². The third-order valence-electron chi connectivity index (χ3n) is 3.61. The molecule has 2 amide bonds. The van der Waals surface area contributed by atoms with E-state index in [1.54, 1.807) is 26.1 Å². The SMILES string of the molecule is COCCN(CC(=O)N(C)C)C(=O)CCC1CCCN1. The average Bonchev–Trinajstić information content (AvgIpc) is 2.93. The molecular weight excluding hydrogens is 258 g/mol. The Hall–Kier alpha value is -1.14. The van der Waals surface area contributed by atoms with Gasteiger partial charge in [0.05, 0.1) is 13.2 Å². The number of likely N-dealkylation sites (N-methyl/N-ethyl adjacent to an activating group) is 1. The smallest absolute Gasteiger partial charge is 0.241 e. The molecule has 6 nitrogen and oxygen atoms in total. The standard InChI is InChI=1S/C14H27N3O3/c1-16(2)14(19)11-17(9-10-20-3)13(18)7-6-12-5-4-8-15-12/h12,15H,4-11H2,1-3H3. The predicted molar refractivity (Wildman–Crippen MR) is 77.4 cm³/mol. The van der Waals surface area contributed by atoms with Gasteiger partial charge in [-0.2, -0.15) is 0 Å². The van der Waals surface area contributed by atoms with E-state index in [0.717, 1.165) is 19.4 Å². The Morgan fingerprint density at radius 1 is 1.30 bits per heavy atom. The number of hydrogen-bond acceptors (Lipinski definition) is 4. The Balaban J connectivity index is 2.43. The average molecular weight is 285 g/mol. The van der Waals surface area contributed by atoms with Gasteiger partial charge in [-0.05, 0) is 25.8 Å². The first-order valence-electron chi connectivity index (χ1n) is 7.25. The fraction of sp³-hybridized carbons (Fsp3) is 0.857. The molecule has 0 saturated carbocycles. The number of nitrogens with one attached hydrogen (secondary N) is 1. The van der Waals surface area contributed by atoms with Gasteiger partial charge in [0.2, 0.25) is 11.8 Å². The number of rotatable bonds is 8. The Morgan fingerprint density at radius 2 is 2.05 bits per heavy atom. The minimum Gasteiger partial charge on any atom is -0.383 e. The molecule has 0 aromatic rings. The van der Waals surface area contributed by atoms with Crippen molar-refractivity contribution in [3.05, 3.63) is 0 Å². The van der Waals surface area contributed by atoms with E-state index < -0.39 is 0 Å². The molecule has 116 valence electrons. The minimum atomic E-state index is -0.0616. The van der Waals surface area contributed by atoms with Crippen molar-refractivity contribution in [2.24, 2.45) is 0 Å². The first-order valence-corrected chi connectivity index (χ1v) is 7.25. The highest BCUT2D eigenvalue weighted by molar-refractivity contribution is 5.84. The first kappa shape index (κ1) is 16.9. The van der Waals surface area contributed by atoms with Crippen LogP contribution in [0, 0.1) is 0 Å². The van der Waals surface area contributed by atoms with Gasteiger partial charge in [0.1, 0.15) is 0 Å². The number of carbonyl (C=O) groups excluding carboxylic acids is 2. The summed E-state index contributed by atoms with van der Waals surface area (Å²) in [6.07, 6.45) is 3.66. The number of ether oxygens (including phenoxy) is 1. The third-order valence-corrected chi connectivity index (χ3v) is 3.61. The molecule has 1 rings (SSSR count). The van der Waals surface area contributed by atoms with E-state index in [0.29, 0.717) is 25.6 Å². The molecule has 0 spiro atoms. The van der Waals surface area contributed by atoms with Gasteiger partial charge in [-0.25, -0.2) is 0 Å². The molecule has 20 heavy (non-hydrogen) atoms. The zero-order chi connectivity index (χ0) is 15.0. The summed E-state index contributed by atoms with van der Waals surface area (Å²) in [5.41, 5.74) is 0. The van der Waals surface area contributed by atoms with Crippen molar-refractivity contribution >= 4 is 11.8 Å². The zero-order valence-electron chi connectivity index (χ0n) is 12.9. The fourth-order valence-corrected chi connectivity index (χ4v) is 2.26. The van der Waals surface area contributed by atoms with Crippen molar-refractivity contribution in [1.29, 1.82) is 0 Å². The molecule has 1 unspecified atom stereocenters. The Morgan fingerprint density at radius 3 is 2.60 bits per heavy atom. The maximum Gasteiger partial charge on any atom is 0.241 e. The minimum absolute atomic E-state index is 0.0333. The van der Waals surface area contributed by atoms with Crippen LogP contribution in [0.25, 0.3) is 0 Å². The van der Waals surface area contributed by atoms with Crippen molar-refractivity contribution in [2.75, 3.05) is 47.4 Å². The van der Waals surface area contributed by atoms with Crippen LogP contribution in [0.1, 0.15) is 25.7 Å². The first-order chi connectivity index (χ1) is 9.54. The molecule has 1 aliphatic heterocycles. The van der Waals surface area contributed by atoms with Crippen LogP contribution in [0.4, 0.5) is 0 Å². The maximum atomic E-state index is 12.2. The largest absolute Gasteiger partial charge is 0.383 e. The van der Waals surface area contributed by atoms with Gasteiger partial charge < -0.3 is 19.9 Å². The van der Waals surface area contributed by atoms with Gasteiger partial charge in [-0.1, -0.05) is 0 Å². The van der Waals surface area contributed by atoms with E-state index >= 15 is 0 Å². The van der Waals surface area contributed by atoms with Crippen molar-refractivity contribution < 1.29 is 14.3 Å². The highest BCUT2D eigenvalue weighted by Crippen LogP contribution is 2.11. The summed E-state index contributed by atoms with van der Waals surface area (Å²) in [4.78, 5) is 27.1. The van der Waals surface area contributed by atoms with E-state index in [2.05, 4.69) is 5.32 Å². The Labute approximate surface area is 121 Å². The normalized spacial score (nSPS) is 18.1. The molecule has 6 heteroatoms. The third kappa shape index (κ3) is 5.88. The van der Waals surface area contributed by atoms with Gasteiger partial charge in [0, 0.05) is 40.2 Å². The Bertz CT molecular complexity index is 315. The van der Waals surface area contributed by atoms with Gasteiger partial charge >= 0.3 is 0 Å². The van der Waals surface area contributed by atoms with Crippen LogP contribution in [-0.2, 0) is 14.3 Å². The van der Waals surface area contributed by atoms with Crippen LogP contribution >= 0.6 is 0 Å². The van der Waals surface area contributed by atoms with Crippen molar-refractivity contribution in [3.8, 4) is 0 Å². The van der Waals surface area contributed by atoms with E-state index in [-0.39, 0.29) is 18.4 Å². The monoisotopic (exact) mass is 285 g/mol. The summed E-state index contributed by atoms with van der Waals surface area (Å²) in [7, 11) is 4.99. The van der Waals surface area contributed by atoms with Gasteiger partial charge in [-0.15, -0.1) is 0 Å². The quantitative estimate of drug-likeness (QED) is 0.686. The number of hydrogen-bond donors (Lipinski definition) is 1. The molecule has 1 aliphatic rings. The van der Waals surface area contributed by atoms with Gasteiger partial charge in [-0.3, -0.25) is 9.59 Å². The molecule has 1 heterocycles. The lowest BCUT2D eigenvalue weighted by atomic mass is 10.1. The molecule has 0 radical (unpaired) electrons. The summed E-state index contributed by atoms with van der Waals surface area (Å²) in [5.74, 6) is -0.0283. The van der Waals surface area contributed by atoms with E-state index in [1.807, 2.05) is 0 Å². The summed E-state index contributed by atoms with van der Waals surface area (Å²) >= 11 is 0. The van der Waals surface area contributed by atoms with Crippen LogP contribution < -0.4 is 5.32 Å². The van der Waals surface area contributed by atoms with Gasteiger partial charge in [0.15, 0.2) is 0 Å². The van der Waals surface area contributed by atoms with Crippen molar-refractivity contribution in [2.45, 2.75) is 31.7 Å². The second-order valence-corrected chi connectivity index (χ2v) is 5.43. The highest BCUT2D eigenvalue weighted by Gasteiger charge is 2.20. The summed E-state index contributed by atoms with van der Waals surface area (Å²) in [6, 6.07) is 0.452. The van der Waals surface area contributed by atoms with E-state index in [1.165, 1.54) is 11.3 Å². The number of amides is 2. The highest BCUT2D eigenvalue weighted by atomic mass is 16.5. The lowest BCUT2D eigenvalue weighted by Crippen LogP contribution is -2.42. The maximum absolute atomic E-state index is 12.2. The molecule has 1 fully saturated rings. The van der Waals surface area contributed by atoms with Crippen LogP contribution in [0.15, 0.2) is 0 Å². The lowest BCUT2D eigenvalue weighted by Gasteiger charge is -2.24. The molecular formula is C14H27N3O3.